The lowest BCUT2D eigenvalue weighted by atomic mass is 10.5. The third-order valence-electron chi connectivity index (χ3n) is 1.51. The molecule has 0 aliphatic rings. The molecule has 4 nitrogen and oxygen atoms in total. The summed E-state index contributed by atoms with van der Waals surface area (Å²) in [5.41, 5.74) is 0. The lowest BCUT2D eigenvalue weighted by Gasteiger charge is -2.04. The summed E-state index contributed by atoms with van der Waals surface area (Å²) in [6, 6.07) is 0. The van der Waals surface area contributed by atoms with E-state index in [1.807, 2.05) is 0 Å². The molecule has 0 aromatic rings. The van der Waals surface area contributed by atoms with Crippen molar-refractivity contribution < 1.29 is 13.2 Å². The minimum Gasteiger partial charge on any atom is -0.379 e. The van der Waals surface area contributed by atoms with Gasteiger partial charge in [-0.3, -0.25) is 0 Å². The van der Waals surface area contributed by atoms with Crippen molar-refractivity contribution in [1.82, 2.24) is 5.32 Å². The average Bonchev–Trinajstić information content (AvgIpc) is 2.08. The first kappa shape index (κ1) is 14.2. The van der Waals surface area contributed by atoms with Crippen LogP contribution < -0.4 is 5.32 Å². The van der Waals surface area contributed by atoms with Crippen molar-refractivity contribution in [2.45, 2.75) is 6.42 Å². The fraction of sp³-hybridized carbons (Fsp3) is 1.00. The molecule has 0 saturated heterocycles. The topological polar surface area (TPSA) is 55.4 Å². The molecule has 0 atom stereocenters. The molecular formula is C8H18ClNO3S. The summed E-state index contributed by atoms with van der Waals surface area (Å²) < 4.78 is 26.6. The van der Waals surface area contributed by atoms with Crippen LogP contribution in [0, 0.1) is 0 Å². The van der Waals surface area contributed by atoms with Crippen LogP contribution in [0.15, 0.2) is 0 Å². The summed E-state index contributed by atoms with van der Waals surface area (Å²) in [4.78, 5) is 0. The molecule has 0 aliphatic carbocycles. The zero-order valence-corrected chi connectivity index (χ0v) is 10.0. The molecular weight excluding hydrogens is 226 g/mol. The quantitative estimate of drug-likeness (QED) is 0.467. The Kier molecular flexibility index (Phi) is 8.56. The van der Waals surface area contributed by atoms with Gasteiger partial charge in [0.1, 0.15) is 9.84 Å². The van der Waals surface area contributed by atoms with Crippen LogP contribution in [0.5, 0.6) is 0 Å². The second-order valence-corrected chi connectivity index (χ2v) is 5.67. The van der Waals surface area contributed by atoms with Gasteiger partial charge in [-0.05, 0) is 13.0 Å². The van der Waals surface area contributed by atoms with E-state index in [9.17, 15) is 8.42 Å². The summed E-state index contributed by atoms with van der Waals surface area (Å²) in [6.07, 6.45) is 1.89. The largest absolute Gasteiger partial charge is 0.379 e. The first-order valence-electron chi connectivity index (χ1n) is 4.58. The Morgan fingerprint density at radius 2 is 2.00 bits per heavy atom. The molecule has 0 bridgehead atoms. The highest BCUT2D eigenvalue weighted by atomic mass is 35.5. The maximum Gasteiger partial charge on any atom is 0.147 e. The average molecular weight is 244 g/mol. The van der Waals surface area contributed by atoms with Gasteiger partial charge in [0, 0.05) is 18.7 Å². The molecule has 1 N–H and O–H groups in total. The molecule has 0 saturated carbocycles. The van der Waals surface area contributed by atoms with Crippen LogP contribution in [-0.2, 0) is 14.6 Å². The van der Waals surface area contributed by atoms with E-state index >= 15 is 0 Å². The van der Waals surface area contributed by atoms with Crippen molar-refractivity contribution in [3.63, 3.8) is 0 Å². The van der Waals surface area contributed by atoms with E-state index in [1.165, 1.54) is 6.26 Å². The Bertz CT molecular complexity index is 219. The molecule has 6 heteroatoms. The van der Waals surface area contributed by atoms with Gasteiger partial charge in [-0.1, -0.05) is 0 Å². The van der Waals surface area contributed by atoms with Crippen LogP contribution in [0.25, 0.3) is 0 Å². The van der Waals surface area contributed by atoms with Crippen molar-refractivity contribution in [3.8, 4) is 0 Å². The maximum absolute atomic E-state index is 10.7. The van der Waals surface area contributed by atoms with E-state index in [4.69, 9.17) is 16.3 Å². The van der Waals surface area contributed by atoms with Crippen LogP contribution in [0.1, 0.15) is 6.42 Å². The third kappa shape index (κ3) is 12.2. The molecule has 0 aromatic heterocycles. The number of hydrogen-bond donors (Lipinski definition) is 1. The van der Waals surface area contributed by atoms with Gasteiger partial charge in [0.15, 0.2) is 0 Å². The summed E-state index contributed by atoms with van der Waals surface area (Å²) in [5.74, 6) is 0.747. The van der Waals surface area contributed by atoms with Crippen molar-refractivity contribution >= 4 is 21.4 Å². The van der Waals surface area contributed by atoms with Crippen molar-refractivity contribution in [2.24, 2.45) is 0 Å². The van der Waals surface area contributed by atoms with Gasteiger partial charge < -0.3 is 10.1 Å². The van der Waals surface area contributed by atoms with Gasteiger partial charge in [0.2, 0.25) is 0 Å². The summed E-state index contributed by atoms with van der Waals surface area (Å²) in [5, 5.41) is 3.08. The van der Waals surface area contributed by atoms with Gasteiger partial charge in [-0.2, -0.15) is 0 Å². The van der Waals surface area contributed by atoms with E-state index in [2.05, 4.69) is 5.32 Å². The molecule has 0 unspecified atom stereocenters. The lowest BCUT2D eigenvalue weighted by Crippen LogP contribution is -2.22. The number of nitrogens with one attached hydrogen (secondary N) is 1. The third-order valence-corrected chi connectivity index (χ3v) is 2.70. The minimum absolute atomic E-state index is 0.239. The highest BCUT2D eigenvalue weighted by molar-refractivity contribution is 7.90. The van der Waals surface area contributed by atoms with E-state index < -0.39 is 9.84 Å². The van der Waals surface area contributed by atoms with Crippen LogP contribution in [-0.4, -0.2) is 52.6 Å². The normalized spacial score (nSPS) is 11.9. The van der Waals surface area contributed by atoms with Gasteiger partial charge >= 0.3 is 0 Å². The predicted octanol–water partition coefficient (Wildman–Crippen LogP) is 0.266. The Balaban J connectivity index is 3.07. The molecule has 0 fully saturated rings. The van der Waals surface area contributed by atoms with E-state index in [1.54, 1.807) is 0 Å². The van der Waals surface area contributed by atoms with Gasteiger partial charge in [-0.15, -0.1) is 11.6 Å². The lowest BCUT2D eigenvalue weighted by molar-refractivity contribution is 0.151. The van der Waals surface area contributed by atoms with E-state index in [0.717, 1.165) is 6.54 Å². The van der Waals surface area contributed by atoms with E-state index in [-0.39, 0.29) is 5.75 Å². The zero-order valence-electron chi connectivity index (χ0n) is 8.46. The van der Waals surface area contributed by atoms with Crippen molar-refractivity contribution in [3.05, 3.63) is 0 Å². The van der Waals surface area contributed by atoms with Crippen LogP contribution in [0.2, 0.25) is 0 Å². The number of ether oxygens (including phenoxy) is 1. The highest BCUT2D eigenvalue weighted by Gasteiger charge is 2.00. The zero-order chi connectivity index (χ0) is 10.9. The van der Waals surface area contributed by atoms with Crippen molar-refractivity contribution in [2.75, 3.05) is 44.2 Å². The van der Waals surface area contributed by atoms with Crippen LogP contribution >= 0.6 is 11.6 Å². The Morgan fingerprint density at radius 3 is 2.57 bits per heavy atom. The van der Waals surface area contributed by atoms with Crippen molar-refractivity contribution in [1.29, 1.82) is 0 Å². The molecule has 0 radical (unpaired) electrons. The molecule has 0 heterocycles. The fourth-order valence-corrected chi connectivity index (χ4v) is 1.66. The predicted molar refractivity (Wildman–Crippen MR) is 58.7 cm³/mol. The summed E-state index contributed by atoms with van der Waals surface area (Å²) in [7, 11) is -2.81. The minimum atomic E-state index is -2.81. The standard InChI is InChI=1S/C8H18ClNO3S/c1-14(11,12)8-2-4-10-5-7-13-6-3-9/h10H,2-8H2,1H3. The molecule has 86 valence electrons. The smallest absolute Gasteiger partial charge is 0.147 e. The molecule has 14 heavy (non-hydrogen) atoms. The monoisotopic (exact) mass is 243 g/mol. The first-order valence-corrected chi connectivity index (χ1v) is 7.18. The molecule has 0 aromatic carbocycles. The summed E-state index contributed by atoms with van der Waals surface area (Å²) in [6.45, 7) is 2.62. The first-order chi connectivity index (χ1) is 6.56. The Morgan fingerprint density at radius 1 is 1.29 bits per heavy atom. The Labute approximate surface area is 90.9 Å². The summed E-state index contributed by atoms with van der Waals surface area (Å²) >= 11 is 5.40. The van der Waals surface area contributed by atoms with Crippen LogP contribution in [0.4, 0.5) is 0 Å². The van der Waals surface area contributed by atoms with Gasteiger partial charge in [0.05, 0.1) is 19.0 Å². The number of halogens is 1. The molecule has 0 rings (SSSR count). The van der Waals surface area contributed by atoms with Gasteiger partial charge in [0.25, 0.3) is 0 Å². The number of rotatable bonds is 9. The fourth-order valence-electron chi connectivity index (χ4n) is 0.885. The molecule has 0 aliphatic heterocycles. The SMILES string of the molecule is CS(=O)(=O)CCCNCCOCCCl. The molecule has 0 amide bonds. The highest BCUT2D eigenvalue weighted by Crippen LogP contribution is 1.86. The second-order valence-electron chi connectivity index (χ2n) is 3.03. The maximum atomic E-state index is 10.7. The second kappa shape index (κ2) is 8.47. The van der Waals surface area contributed by atoms with E-state index in [0.29, 0.717) is 32.1 Å². The number of alkyl halides is 1. The number of sulfone groups is 1. The Hall–Kier alpha value is 0.160. The van der Waals surface area contributed by atoms with Crippen LogP contribution in [0.3, 0.4) is 0 Å². The van der Waals surface area contributed by atoms with Gasteiger partial charge in [-0.25, -0.2) is 8.42 Å². The molecule has 0 spiro atoms. The number of hydrogen-bond acceptors (Lipinski definition) is 4.